The number of benzene rings is 1. The molecule has 2 aliphatic rings. The average Bonchev–Trinajstić information content (AvgIpc) is 2.80. The molecule has 0 aliphatic carbocycles. The van der Waals surface area contributed by atoms with E-state index in [0.29, 0.717) is 45.4 Å². The number of amides is 1. The van der Waals surface area contributed by atoms with Gasteiger partial charge >= 0.3 is 0 Å². The van der Waals surface area contributed by atoms with E-state index in [0.717, 1.165) is 35.5 Å². The van der Waals surface area contributed by atoms with Gasteiger partial charge < -0.3 is 19.9 Å². The molecule has 1 aromatic heterocycles. The first-order valence-electron chi connectivity index (χ1n) is 11.6. The third kappa shape index (κ3) is 5.34. The normalized spacial score (nSPS) is 17.5. The minimum atomic E-state index is -0.683. The van der Waals surface area contributed by atoms with Crippen molar-refractivity contribution in [3.63, 3.8) is 0 Å². The number of ether oxygens (including phenoxy) is 1. The lowest BCUT2D eigenvalue weighted by molar-refractivity contribution is -0.129. The van der Waals surface area contributed by atoms with Crippen LogP contribution in [0.2, 0.25) is 0 Å². The maximum Gasteiger partial charge on any atom is 0.219 e. The van der Waals surface area contributed by atoms with Gasteiger partial charge in [-0.05, 0) is 25.5 Å². The summed E-state index contributed by atoms with van der Waals surface area (Å²) in [6.45, 7) is 8.29. The Morgan fingerprint density at radius 2 is 1.97 bits per heavy atom. The second-order valence-electron chi connectivity index (χ2n) is 8.81. The molecule has 1 aromatic carbocycles. The summed E-state index contributed by atoms with van der Waals surface area (Å²) in [5.41, 5.74) is 1.78. The highest BCUT2D eigenvalue weighted by Gasteiger charge is 2.28. The molecular weight excluding hydrogens is 428 g/mol. The van der Waals surface area contributed by atoms with Crippen molar-refractivity contribution >= 4 is 17.5 Å². The predicted molar refractivity (Wildman–Crippen MR) is 122 cm³/mol. The lowest BCUT2D eigenvalue weighted by Gasteiger charge is -2.35. The van der Waals surface area contributed by atoms with Gasteiger partial charge in [-0.15, -0.1) is 0 Å². The van der Waals surface area contributed by atoms with Crippen LogP contribution < -0.4 is 15.0 Å². The molecule has 2 aliphatic heterocycles. The average molecular weight is 460 g/mol. The van der Waals surface area contributed by atoms with E-state index in [9.17, 15) is 13.6 Å². The number of carbonyl (C=O) groups is 1. The first kappa shape index (κ1) is 23.2. The summed E-state index contributed by atoms with van der Waals surface area (Å²) in [5, 5.41) is 3.48. The summed E-state index contributed by atoms with van der Waals surface area (Å²) in [4.78, 5) is 25.7. The molecule has 0 radical (unpaired) electrons. The molecule has 1 amide bonds. The van der Waals surface area contributed by atoms with Gasteiger partial charge in [0, 0.05) is 57.9 Å². The van der Waals surface area contributed by atoms with E-state index < -0.39 is 11.6 Å². The van der Waals surface area contributed by atoms with Gasteiger partial charge in [-0.25, -0.2) is 18.7 Å². The van der Waals surface area contributed by atoms with Crippen molar-refractivity contribution in [1.82, 2.24) is 14.9 Å². The Balaban J connectivity index is 1.50. The van der Waals surface area contributed by atoms with Crippen LogP contribution in [0.25, 0.3) is 0 Å². The quantitative estimate of drug-likeness (QED) is 0.706. The third-order valence-corrected chi connectivity index (χ3v) is 6.36. The molecule has 1 saturated heterocycles. The predicted octanol–water partition coefficient (Wildman–Crippen LogP) is 3.92. The molecule has 4 rings (SSSR count). The van der Waals surface area contributed by atoms with Crippen molar-refractivity contribution in [2.45, 2.75) is 65.1 Å². The van der Waals surface area contributed by atoms with Crippen LogP contribution in [0.1, 0.15) is 51.4 Å². The van der Waals surface area contributed by atoms with E-state index >= 15 is 0 Å². The standard InChI is InChI=1S/C24H31F2N5O2/c1-4-15(2)27-23-24(29-20-9-12-31(16(3)32)14-21(20)28-23)30-10-7-18(8-11-30)33-22-6-5-17(25)13-19(22)26/h5-6,13,15,18H,4,7-12,14H2,1-3H3,(H,27,28)/t15-/m0/s1. The maximum absolute atomic E-state index is 14.0. The number of rotatable bonds is 6. The van der Waals surface area contributed by atoms with E-state index in [2.05, 4.69) is 24.1 Å². The number of piperidine rings is 1. The molecule has 1 atom stereocenters. The van der Waals surface area contributed by atoms with Gasteiger partial charge in [0.05, 0.1) is 17.9 Å². The molecule has 9 heteroatoms. The highest BCUT2D eigenvalue weighted by atomic mass is 19.1. The summed E-state index contributed by atoms with van der Waals surface area (Å²) in [6.07, 6.45) is 2.85. The lowest BCUT2D eigenvalue weighted by atomic mass is 10.1. The Bertz CT molecular complexity index is 1010. The Hall–Kier alpha value is -2.97. The van der Waals surface area contributed by atoms with Gasteiger partial charge in [-0.1, -0.05) is 6.92 Å². The fourth-order valence-corrected chi connectivity index (χ4v) is 4.18. The fraction of sp³-hybridized carbons (Fsp3) is 0.542. The Kier molecular flexibility index (Phi) is 6.95. The number of hydrogen-bond donors (Lipinski definition) is 1. The van der Waals surface area contributed by atoms with Crippen molar-refractivity contribution in [1.29, 1.82) is 0 Å². The zero-order chi connectivity index (χ0) is 23.5. The topological polar surface area (TPSA) is 70.6 Å². The molecule has 0 saturated carbocycles. The molecule has 178 valence electrons. The fourth-order valence-electron chi connectivity index (χ4n) is 4.18. The highest BCUT2D eigenvalue weighted by molar-refractivity contribution is 5.73. The third-order valence-electron chi connectivity index (χ3n) is 6.36. The summed E-state index contributed by atoms with van der Waals surface area (Å²) in [5.74, 6) is 0.375. The summed E-state index contributed by atoms with van der Waals surface area (Å²) >= 11 is 0. The number of halogens is 2. The second kappa shape index (κ2) is 9.89. The molecular formula is C24H31F2N5O2. The number of carbonyl (C=O) groups excluding carboxylic acids is 1. The van der Waals surface area contributed by atoms with Gasteiger partial charge in [-0.2, -0.15) is 0 Å². The second-order valence-corrected chi connectivity index (χ2v) is 8.81. The summed E-state index contributed by atoms with van der Waals surface area (Å²) < 4.78 is 32.9. The summed E-state index contributed by atoms with van der Waals surface area (Å²) in [7, 11) is 0. The molecule has 3 heterocycles. The molecule has 7 nitrogen and oxygen atoms in total. The smallest absolute Gasteiger partial charge is 0.219 e. The monoisotopic (exact) mass is 459 g/mol. The molecule has 0 bridgehead atoms. The molecule has 2 aromatic rings. The minimum Gasteiger partial charge on any atom is -0.487 e. The van der Waals surface area contributed by atoms with E-state index in [-0.39, 0.29) is 23.8 Å². The number of hydrogen-bond acceptors (Lipinski definition) is 6. The Morgan fingerprint density at radius 1 is 1.21 bits per heavy atom. The van der Waals surface area contributed by atoms with Gasteiger partial charge in [-0.3, -0.25) is 4.79 Å². The van der Waals surface area contributed by atoms with Crippen LogP contribution in [0.3, 0.4) is 0 Å². The SMILES string of the molecule is CC[C@H](C)Nc1nc2c(nc1N1CCC(Oc3ccc(F)cc3F)CC1)CCN(C(C)=O)C2. The largest absolute Gasteiger partial charge is 0.487 e. The van der Waals surface area contributed by atoms with Crippen LogP contribution in [0.5, 0.6) is 5.75 Å². The molecule has 33 heavy (non-hydrogen) atoms. The first-order valence-corrected chi connectivity index (χ1v) is 11.6. The van der Waals surface area contributed by atoms with Crippen LogP contribution >= 0.6 is 0 Å². The van der Waals surface area contributed by atoms with Crippen molar-refractivity contribution in [3.8, 4) is 5.75 Å². The van der Waals surface area contributed by atoms with E-state index in [4.69, 9.17) is 14.7 Å². The molecule has 0 spiro atoms. The van der Waals surface area contributed by atoms with Crippen molar-refractivity contribution < 1.29 is 18.3 Å². The number of anilines is 2. The van der Waals surface area contributed by atoms with Crippen molar-refractivity contribution in [2.24, 2.45) is 0 Å². The van der Waals surface area contributed by atoms with E-state index in [1.54, 1.807) is 11.8 Å². The zero-order valence-corrected chi connectivity index (χ0v) is 19.4. The lowest BCUT2D eigenvalue weighted by Crippen LogP contribution is -2.40. The van der Waals surface area contributed by atoms with E-state index in [1.807, 2.05) is 0 Å². The molecule has 1 fully saturated rings. The van der Waals surface area contributed by atoms with Crippen LogP contribution in [0.15, 0.2) is 18.2 Å². The van der Waals surface area contributed by atoms with Gasteiger partial charge in [0.15, 0.2) is 23.2 Å². The van der Waals surface area contributed by atoms with Gasteiger partial charge in [0.1, 0.15) is 11.9 Å². The van der Waals surface area contributed by atoms with E-state index in [1.165, 1.54) is 12.1 Å². The van der Waals surface area contributed by atoms with Gasteiger partial charge in [0.25, 0.3) is 0 Å². The number of nitrogens with zero attached hydrogens (tertiary/aromatic N) is 4. The number of aromatic nitrogens is 2. The van der Waals surface area contributed by atoms with Crippen LogP contribution in [-0.4, -0.2) is 52.6 Å². The summed E-state index contributed by atoms with van der Waals surface area (Å²) in [6, 6.07) is 3.61. The maximum atomic E-state index is 14.0. The number of nitrogens with one attached hydrogen (secondary N) is 1. The highest BCUT2D eigenvalue weighted by Crippen LogP contribution is 2.31. The molecule has 0 unspecified atom stereocenters. The van der Waals surface area contributed by atoms with Crippen LogP contribution in [0.4, 0.5) is 20.4 Å². The van der Waals surface area contributed by atoms with Crippen LogP contribution in [0, 0.1) is 11.6 Å². The Labute approximate surface area is 193 Å². The number of fused-ring (bicyclic) bond motifs is 1. The van der Waals surface area contributed by atoms with Crippen LogP contribution in [-0.2, 0) is 17.8 Å². The Morgan fingerprint density at radius 3 is 2.64 bits per heavy atom. The van der Waals surface area contributed by atoms with Gasteiger partial charge in [0.2, 0.25) is 5.91 Å². The zero-order valence-electron chi connectivity index (χ0n) is 19.4. The molecule has 1 N–H and O–H groups in total. The first-order chi connectivity index (χ1) is 15.8. The minimum absolute atomic E-state index is 0.0441. The van der Waals surface area contributed by atoms with Crippen molar-refractivity contribution in [2.75, 3.05) is 29.9 Å². The van der Waals surface area contributed by atoms with Crippen molar-refractivity contribution in [3.05, 3.63) is 41.2 Å².